The number of aliphatic hydroxyl groups is 1. The normalized spacial score (nSPS) is 35.9. The average molecular weight is 523 g/mol. The first-order valence-corrected chi connectivity index (χ1v) is 14.3. The fraction of sp³-hybridized carbons (Fsp3) is 0.645. The van der Waals surface area contributed by atoms with E-state index in [1.165, 1.54) is 24.8 Å². The van der Waals surface area contributed by atoms with E-state index in [0.717, 1.165) is 43.4 Å². The number of fused-ring (bicyclic) bond motifs is 5. The van der Waals surface area contributed by atoms with Crippen LogP contribution in [-0.2, 0) is 14.4 Å². The SMILES string of the molecule is C[C@]12CC[C@H]3[C@@H](CCC4=C/C(=N/OCC(=O)NC[C@H](CC(=O)O)c5ccccc5)CC[C@@]43C)[C@@H]1CC[C@@H]2O. The molecule has 0 radical (unpaired) electrons. The number of hydrogen-bond donors (Lipinski definition) is 3. The largest absolute Gasteiger partial charge is 0.481 e. The van der Waals surface area contributed by atoms with Crippen molar-refractivity contribution in [2.75, 3.05) is 13.2 Å². The van der Waals surface area contributed by atoms with Gasteiger partial charge in [0, 0.05) is 12.5 Å². The van der Waals surface area contributed by atoms with Gasteiger partial charge in [0.05, 0.1) is 18.2 Å². The molecule has 0 aliphatic heterocycles. The molecule has 0 aromatic heterocycles. The molecule has 4 aliphatic rings. The highest BCUT2D eigenvalue weighted by atomic mass is 16.6. The number of rotatable bonds is 8. The lowest BCUT2D eigenvalue weighted by molar-refractivity contribution is -0.137. The minimum Gasteiger partial charge on any atom is -0.481 e. The van der Waals surface area contributed by atoms with Gasteiger partial charge in [0.15, 0.2) is 6.61 Å². The topological polar surface area (TPSA) is 108 Å². The quantitative estimate of drug-likeness (QED) is 0.414. The number of nitrogens with zero attached hydrogens (tertiary/aromatic N) is 1. The number of carbonyl (C=O) groups is 2. The standard InChI is InChI=1S/C31H42N2O5/c1-30-14-12-23(17-22(30)8-9-24-25-10-11-27(34)31(25,2)15-13-26(24)30)33-38-19-28(35)32-18-21(16-29(36)37)20-6-4-3-5-7-20/h3-7,17,21,24-27,34H,8-16,18-19H2,1-2H3,(H,32,35)(H,36,37)/b33-23+/t21-,24-,25-,26-,27-,30-,31-/m0/s1. The number of oxime groups is 1. The number of amides is 1. The van der Waals surface area contributed by atoms with Crippen LogP contribution in [0.25, 0.3) is 0 Å². The number of benzene rings is 1. The number of hydrogen-bond acceptors (Lipinski definition) is 5. The Kier molecular flexibility index (Phi) is 7.67. The average Bonchev–Trinajstić information content (AvgIpc) is 3.21. The van der Waals surface area contributed by atoms with Gasteiger partial charge in [-0.3, -0.25) is 9.59 Å². The summed E-state index contributed by atoms with van der Waals surface area (Å²) in [6.45, 7) is 4.81. The second-order valence-corrected chi connectivity index (χ2v) is 12.5. The van der Waals surface area contributed by atoms with Crippen LogP contribution in [0, 0.1) is 28.6 Å². The van der Waals surface area contributed by atoms with Gasteiger partial charge >= 0.3 is 5.97 Å². The van der Waals surface area contributed by atoms with Crippen molar-refractivity contribution in [1.29, 1.82) is 0 Å². The molecule has 1 aromatic carbocycles. The molecule has 3 fully saturated rings. The molecule has 4 aliphatic carbocycles. The van der Waals surface area contributed by atoms with Gasteiger partial charge in [-0.05, 0) is 91.6 Å². The summed E-state index contributed by atoms with van der Waals surface area (Å²) < 4.78 is 0. The van der Waals surface area contributed by atoms with E-state index in [1.807, 2.05) is 30.3 Å². The highest BCUT2D eigenvalue weighted by Crippen LogP contribution is 2.65. The molecule has 206 valence electrons. The summed E-state index contributed by atoms with van der Waals surface area (Å²) in [4.78, 5) is 29.1. The number of carboxylic acid groups (broad SMARTS) is 1. The van der Waals surface area contributed by atoms with Crippen LogP contribution in [0.5, 0.6) is 0 Å². The first-order chi connectivity index (χ1) is 18.2. The Labute approximate surface area is 225 Å². The molecule has 0 saturated heterocycles. The van der Waals surface area contributed by atoms with E-state index in [-0.39, 0.29) is 48.3 Å². The molecule has 3 saturated carbocycles. The lowest BCUT2D eigenvalue weighted by Crippen LogP contribution is -2.51. The maximum absolute atomic E-state index is 12.4. The third-order valence-corrected chi connectivity index (χ3v) is 10.5. The third-order valence-electron chi connectivity index (χ3n) is 10.5. The second-order valence-electron chi connectivity index (χ2n) is 12.5. The van der Waals surface area contributed by atoms with Crippen LogP contribution in [0.3, 0.4) is 0 Å². The zero-order chi connectivity index (χ0) is 26.9. The van der Waals surface area contributed by atoms with Crippen molar-refractivity contribution in [3.05, 3.63) is 47.5 Å². The highest BCUT2D eigenvalue weighted by Gasteiger charge is 2.58. The van der Waals surface area contributed by atoms with Gasteiger partial charge in [0.1, 0.15) is 0 Å². The molecular formula is C31H42N2O5. The Hall–Kier alpha value is -2.67. The van der Waals surface area contributed by atoms with E-state index in [1.54, 1.807) is 0 Å². The first kappa shape index (κ1) is 26.9. The molecule has 7 nitrogen and oxygen atoms in total. The minimum absolute atomic E-state index is 0.0534. The molecule has 5 rings (SSSR count). The summed E-state index contributed by atoms with van der Waals surface area (Å²) in [5.41, 5.74) is 3.54. The number of aliphatic carboxylic acids is 1. The molecule has 7 heteroatoms. The monoisotopic (exact) mass is 522 g/mol. The number of allylic oxidation sites excluding steroid dienone is 2. The number of carboxylic acids is 1. The van der Waals surface area contributed by atoms with Gasteiger partial charge < -0.3 is 20.4 Å². The van der Waals surface area contributed by atoms with Crippen molar-refractivity contribution in [3.63, 3.8) is 0 Å². The van der Waals surface area contributed by atoms with Crippen LogP contribution in [0.1, 0.15) is 83.1 Å². The summed E-state index contributed by atoms with van der Waals surface area (Å²) >= 11 is 0. The Morgan fingerprint density at radius 2 is 1.87 bits per heavy atom. The van der Waals surface area contributed by atoms with Crippen molar-refractivity contribution in [1.82, 2.24) is 5.32 Å². The Morgan fingerprint density at radius 3 is 2.63 bits per heavy atom. The van der Waals surface area contributed by atoms with Crippen LogP contribution in [-0.4, -0.2) is 47.1 Å². The van der Waals surface area contributed by atoms with E-state index < -0.39 is 5.97 Å². The summed E-state index contributed by atoms with van der Waals surface area (Å²) in [7, 11) is 0. The van der Waals surface area contributed by atoms with E-state index >= 15 is 0 Å². The fourth-order valence-corrected chi connectivity index (χ4v) is 8.32. The van der Waals surface area contributed by atoms with Gasteiger partial charge in [0.25, 0.3) is 5.91 Å². The van der Waals surface area contributed by atoms with E-state index in [0.29, 0.717) is 17.8 Å². The summed E-state index contributed by atoms with van der Waals surface area (Å²) in [5.74, 6) is 0.506. The predicted molar refractivity (Wildman–Crippen MR) is 146 cm³/mol. The Bertz CT molecular complexity index is 1100. The number of aliphatic hydroxyl groups excluding tert-OH is 1. The Morgan fingerprint density at radius 1 is 1.08 bits per heavy atom. The molecular weight excluding hydrogens is 480 g/mol. The molecule has 7 atom stereocenters. The van der Waals surface area contributed by atoms with Crippen LogP contribution in [0.2, 0.25) is 0 Å². The molecule has 1 aromatic rings. The van der Waals surface area contributed by atoms with Crippen molar-refractivity contribution < 1.29 is 24.6 Å². The predicted octanol–water partition coefficient (Wildman–Crippen LogP) is 5.06. The number of carbonyl (C=O) groups excluding carboxylic acids is 1. The molecule has 0 bridgehead atoms. The zero-order valence-electron chi connectivity index (χ0n) is 22.7. The molecule has 1 amide bonds. The third kappa shape index (κ3) is 5.14. The zero-order valence-corrected chi connectivity index (χ0v) is 22.7. The fourth-order valence-electron chi connectivity index (χ4n) is 8.32. The van der Waals surface area contributed by atoms with E-state index in [9.17, 15) is 19.8 Å². The van der Waals surface area contributed by atoms with E-state index in [4.69, 9.17) is 4.84 Å². The molecule has 3 N–H and O–H groups in total. The smallest absolute Gasteiger partial charge is 0.304 e. The van der Waals surface area contributed by atoms with Crippen LogP contribution >= 0.6 is 0 Å². The lowest BCUT2D eigenvalue weighted by atomic mass is 9.47. The summed E-state index contributed by atoms with van der Waals surface area (Å²) in [6, 6.07) is 9.37. The lowest BCUT2D eigenvalue weighted by Gasteiger charge is -2.57. The van der Waals surface area contributed by atoms with Crippen LogP contribution < -0.4 is 5.32 Å². The van der Waals surface area contributed by atoms with Crippen molar-refractivity contribution in [2.45, 2.75) is 83.7 Å². The number of nitrogens with one attached hydrogen (secondary N) is 1. The van der Waals surface area contributed by atoms with E-state index in [2.05, 4.69) is 30.4 Å². The van der Waals surface area contributed by atoms with Crippen molar-refractivity contribution in [2.24, 2.45) is 33.7 Å². The van der Waals surface area contributed by atoms with Gasteiger partial charge in [-0.15, -0.1) is 0 Å². The summed E-state index contributed by atoms with van der Waals surface area (Å²) in [5, 5.41) is 27.0. The molecule has 0 unspecified atom stereocenters. The van der Waals surface area contributed by atoms with Gasteiger partial charge in [-0.2, -0.15) is 0 Å². The maximum atomic E-state index is 12.4. The van der Waals surface area contributed by atoms with Crippen LogP contribution in [0.4, 0.5) is 0 Å². The maximum Gasteiger partial charge on any atom is 0.304 e. The molecule has 0 spiro atoms. The van der Waals surface area contributed by atoms with Gasteiger partial charge in [0.2, 0.25) is 0 Å². The van der Waals surface area contributed by atoms with Crippen LogP contribution in [0.15, 0.2) is 47.1 Å². The summed E-state index contributed by atoms with van der Waals surface area (Å²) in [6.07, 6.45) is 10.6. The Balaban J connectivity index is 1.16. The first-order valence-electron chi connectivity index (χ1n) is 14.3. The van der Waals surface area contributed by atoms with Gasteiger partial charge in [-0.1, -0.05) is 54.9 Å². The highest BCUT2D eigenvalue weighted by molar-refractivity contribution is 5.96. The second kappa shape index (κ2) is 10.8. The minimum atomic E-state index is -0.898. The van der Waals surface area contributed by atoms with Crippen molar-refractivity contribution in [3.8, 4) is 0 Å². The molecule has 0 heterocycles. The molecule has 38 heavy (non-hydrogen) atoms. The van der Waals surface area contributed by atoms with Gasteiger partial charge in [-0.25, -0.2) is 0 Å². The van der Waals surface area contributed by atoms with Crippen molar-refractivity contribution >= 4 is 17.6 Å².